The van der Waals surface area contributed by atoms with E-state index in [0.717, 1.165) is 52.0 Å². The maximum Gasteiger partial charge on any atom is 0.283 e. The van der Waals surface area contributed by atoms with Crippen LogP contribution in [0.15, 0.2) is 70.8 Å². The van der Waals surface area contributed by atoms with Gasteiger partial charge in [0, 0.05) is 28.1 Å². The van der Waals surface area contributed by atoms with Gasteiger partial charge in [0.1, 0.15) is 11.7 Å². The van der Waals surface area contributed by atoms with Crippen molar-refractivity contribution in [3.8, 4) is 11.5 Å². The smallest absolute Gasteiger partial charge is 0.283 e. The normalized spacial score (nSPS) is 18.3. The van der Waals surface area contributed by atoms with Crippen LogP contribution >= 0.6 is 11.8 Å². The highest BCUT2D eigenvalue weighted by Crippen LogP contribution is 2.37. The van der Waals surface area contributed by atoms with Gasteiger partial charge in [-0.15, -0.1) is 6.58 Å². The van der Waals surface area contributed by atoms with Crippen molar-refractivity contribution in [1.29, 1.82) is 5.41 Å². The maximum atomic E-state index is 13.2. The molecule has 1 saturated carbocycles. The Morgan fingerprint density at radius 1 is 1.14 bits per heavy atom. The third-order valence-corrected chi connectivity index (χ3v) is 9.24. The number of carbonyl (C=O) groups excluding carboxylic acids is 1. The second-order valence-corrected chi connectivity index (χ2v) is 11.8. The van der Waals surface area contributed by atoms with Crippen molar-refractivity contribution >= 4 is 50.7 Å². The van der Waals surface area contributed by atoms with Gasteiger partial charge in [-0.05, 0) is 67.8 Å². The van der Waals surface area contributed by atoms with E-state index in [9.17, 15) is 4.79 Å². The number of benzene rings is 2. The largest absolute Gasteiger partial charge is 0.493 e. The van der Waals surface area contributed by atoms with Crippen LogP contribution in [0.3, 0.4) is 0 Å². The summed E-state index contributed by atoms with van der Waals surface area (Å²) in [6.45, 7) is 6.87. The number of nitrogens with zero attached hydrogens (tertiary/aromatic N) is 4. The highest BCUT2D eigenvalue weighted by Gasteiger charge is 2.38. The number of hydrogen-bond donors (Lipinski definition) is 1. The molecule has 0 saturated heterocycles. The number of hydrazone groups is 1. The number of fused-ring (bicyclic) bond motifs is 2. The van der Waals surface area contributed by atoms with E-state index in [1.807, 2.05) is 49.4 Å². The zero-order valence-electron chi connectivity index (χ0n) is 24.1. The maximum absolute atomic E-state index is 13.2. The van der Waals surface area contributed by atoms with Crippen molar-refractivity contribution in [3.05, 3.63) is 77.5 Å². The lowest BCUT2D eigenvalue weighted by atomic mass is 9.90. The van der Waals surface area contributed by atoms with Gasteiger partial charge in [-0.2, -0.15) is 15.1 Å². The number of nitrogens with one attached hydrogen (secondary N) is 1. The summed E-state index contributed by atoms with van der Waals surface area (Å²) in [7, 11) is 1.64. The van der Waals surface area contributed by atoms with Crippen molar-refractivity contribution in [2.45, 2.75) is 52.0 Å². The zero-order valence-corrected chi connectivity index (χ0v) is 24.9. The van der Waals surface area contributed by atoms with E-state index in [2.05, 4.69) is 22.2 Å². The molecule has 9 heteroatoms. The molecule has 1 amide bonds. The van der Waals surface area contributed by atoms with Crippen molar-refractivity contribution in [3.63, 3.8) is 0 Å². The van der Waals surface area contributed by atoms with Gasteiger partial charge in [-0.3, -0.25) is 10.2 Å². The number of amides is 1. The summed E-state index contributed by atoms with van der Waals surface area (Å²) in [6, 6.07) is 14.0. The van der Waals surface area contributed by atoms with Crippen LogP contribution in [0.25, 0.3) is 17.0 Å². The number of rotatable bonds is 9. The molecule has 42 heavy (non-hydrogen) atoms. The van der Waals surface area contributed by atoms with Crippen molar-refractivity contribution in [2.75, 3.05) is 13.7 Å². The van der Waals surface area contributed by atoms with Crippen LogP contribution in [0.2, 0.25) is 0 Å². The number of hydrogen-bond acceptors (Lipinski definition) is 6. The van der Waals surface area contributed by atoms with Crippen molar-refractivity contribution < 1.29 is 14.3 Å². The van der Waals surface area contributed by atoms with E-state index in [1.165, 1.54) is 36.0 Å². The molecule has 1 aromatic heterocycles. The Labute approximate surface area is 250 Å². The summed E-state index contributed by atoms with van der Waals surface area (Å²) in [5.41, 5.74) is 4.28. The number of aliphatic imine (C=N–C) groups is 1. The van der Waals surface area contributed by atoms with Crippen molar-refractivity contribution in [1.82, 2.24) is 9.58 Å². The van der Waals surface area contributed by atoms with Crippen LogP contribution in [0.5, 0.6) is 11.5 Å². The number of para-hydroxylation sites is 1. The van der Waals surface area contributed by atoms with Gasteiger partial charge in [0.05, 0.1) is 19.2 Å². The lowest BCUT2D eigenvalue weighted by Crippen LogP contribution is -2.35. The summed E-state index contributed by atoms with van der Waals surface area (Å²) >= 11 is 1.45. The standard InChI is InChI=1S/C33H35N5O3S/c1-4-10-22-15-16-28(29(19-22)40-3)41-18-17-37-21(2)25(24-13-8-9-14-27(24)37)20-26-30(34)38-33(35-31(26)39)42-32(36-38)23-11-6-5-7-12-23/h4,8-9,13-16,19-20,23,34H,1,5-7,10-12,17-18H2,2-3H3/b26-20-,34-30?. The van der Waals surface area contributed by atoms with Gasteiger partial charge in [-0.1, -0.05) is 49.6 Å². The lowest BCUT2D eigenvalue weighted by molar-refractivity contribution is -0.114. The second-order valence-electron chi connectivity index (χ2n) is 10.8. The van der Waals surface area contributed by atoms with Crippen LogP contribution in [0, 0.1) is 18.3 Å². The second kappa shape index (κ2) is 12.0. The fraction of sp³-hybridized carbons (Fsp3) is 0.333. The molecule has 0 spiro atoms. The fourth-order valence-corrected chi connectivity index (χ4v) is 7.02. The van der Waals surface area contributed by atoms with Crippen LogP contribution in [-0.4, -0.2) is 45.2 Å². The molecule has 0 atom stereocenters. The molecule has 2 aliphatic heterocycles. The van der Waals surface area contributed by atoms with Gasteiger partial charge < -0.3 is 14.0 Å². The Balaban J connectivity index is 1.26. The fourth-order valence-electron chi connectivity index (χ4n) is 5.97. The molecule has 1 fully saturated rings. The van der Waals surface area contributed by atoms with E-state index < -0.39 is 5.91 Å². The molecule has 3 heterocycles. The minimum absolute atomic E-state index is 0.0786. The van der Waals surface area contributed by atoms with Gasteiger partial charge in [0.25, 0.3) is 5.91 Å². The number of aromatic nitrogens is 1. The first-order valence-corrected chi connectivity index (χ1v) is 15.3. The lowest BCUT2D eigenvalue weighted by Gasteiger charge is -2.20. The van der Waals surface area contributed by atoms with Gasteiger partial charge in [-0.25, -0.2) is 0 Å². The highest BCUT2D eigenvalue weighted by atomic mass is 32.2. The van der Waals surface area contributed by atoms with Crippen LogP contribution in [-0.2, 0) is 17.8 Å². The molecular weight excluding hydrogens is 546 g/mol. The molecule has 0 bridgehead atoms. The first kappa shape index (κ1) is 28.0. The third kappa shape index (κ3) is 5.29. The Morgan fingerprint density at radius 3 is 2.74 bits per heavy atom. The molecule has 1 N–H and O–H groups in total. The summed E-state index contributed by atoms with van der Waals surface area (Å²) in [4.78, 5) is 17.6. The zero-order chi connectivity index (χ0) is 29.2. The van der Waals surface area contributed by atoms with E-state index in [-0.39, 0.29) is 11.4 Å². The van der Waals surface area contributed by atoms with E-state index in [1.54, 1.807) is 13.2 Å². The Morgan fingerprint density at radius 2 is 1.95 bits per heavy atom. The van der Waals surface area contributed by atoms with Crippen molar-refractivity contribution in [2.24, 2.45) is 16.0 Å². The monoisotopic (exact) mass is 581 g/mol. The predicted octanol–water partition coefficient (Wildman–Crippen LogP) is 6.97. The van der Waals surface area contributed by atoms with Gasteiger partial charge in [0.2, 0.25) is 5.17 Å². The van der Waals surface area contributed by atoms with E-state index in [4.69, 9.17) is 20.0 Å². The summed E-state index contributed by atoms with van der Waals surface area (Å²) in [5.74, 6) is 1.45. The SMILES string of the molecule is C=CCc1ccc(OCCn2c(C)c(/C=C3/C(=N)N4N=C(C5CCCCC5)SC4=NC3=O)c3ccccc32)c(OC)c1. The molecular formula is C33H35N5O3S. The number of ether oxygens (including phenoxy) is 2. The molecule has 6 rings (SSSR count). The summed E-state index contributed by atoms with van der Waals surface area (Å²) in [6.07, 6.45) is 10.3. The topological polar surface area (TPSA) is 92.3 Å². The molecule has 1 aliphatic carbocycles. The minimum atomic E-state index is -0.398. The molecule has 0 radical (unpaired) electrons. The number of carbonyl (C=O) groups is 1. The van der Waals surface area contributed by atoms with E-state index >= 15 is 0 Å². The third-order valence-electron chi connectivity index (χ3n) is 8.17. The van der Waals surface area contributed by atoms with Crippen LogP contribution in [0.1, 0.15) is 48.9 Å². The number of amidine groups is 2. The average Bonchev–Trinajstić information content (AvgIpc) is 3.55. The summed E-state index contributed by atoms with van der Waals surface area (Å²) < 4.78 is 13.9. The number of allylic oxidation sites excluding steroid dienone is 1. The molecule has 3 aromatic rings. The molecule has 0 unspecified atom stereocenters. The van der Waals surface area contributed by atoms with Crippen LogP contribution < -0.4 is 9.47 Å². The first-order chi connectivity index (χ1) is 20.5. The Hall–Kier alpha value is -4.11. The van der Waals surface area contributed by atoms with Gasteiger partial charge >= 0.3 is 0 Å². The quantitative estimate of drug-likeness (QED) is 0.218. The van der Waals surface area contributed by atoms with Crippen LogP contribution in [0.4, 0.5) is 0 Å². The first-order valence-electron chi connectivity index (χ1n) is 14.5. The number of thioether (sulfide) groups is 1. The predicted molar refractivity (Wildman–Crippen MR) is 171 cm³/mol. The summed E-state index contributed by atoms with van der Waals surface area (Å²) in [5, 5.41) is 17.7. The Bertz CT molecular complexity index is 1660. The molecule has 216 valence electrons. The minimum Gasteiger partial charge on any atom is -0.493 e. The number of methoxy groups -OCH3 is 1. The molecule has 3 aliphatic rings. The molecule has 2 aromatic carbocycles. The Kier molecular flexibility index (Phi) is 8.02. The van der Waals surface area contributed by atoms with E-state index in [0.29, 0.717) is 35.7 Å². The van der Waals surface area contributed by atoms with Gasteiger partial charge in [0.15, 0.2) is 17.3 Å². The average molecular weight is 582 g/mol. The highest BCUT2D eigenvalue weighted by molar-refractivity contribution is 8.27. The molecule has 8 nitrogen and oxygen atoms in total.